The number of rotatable bonds is 5. The van der Waals surface area contributed by atoms with Crippen molar-refractivity contribution in [3.63, 3.8) is 0 Å². The van der Waals surface area contributed by atoms with Gasteiger partial charge in [0.2, 0.25) is 5.91 Å². The molecule has 0 bridgehead atoms. The monoisotopic (exact) mass is 438 g/mol. The Hall–Kier alpha value is -4.19. The van der Waals surface area contributed by atoms with Crippen LogP contribution in [0.3, 0.4) is 0 Å². The normalized spacial score (nSPS) is 13.0. The molecule has 3 aromatic carbocycles. The van der Waals surface area contributed by atoms with Gasteiger partial charge in [-0.25, -0.2) is 0 Å². The van der Waals surface area contributed by atoms with Gasteiger partial charge in [0.15, 0.2) is 11.0 Å². The van der Waals surface area contributed by atoms with Gasteiger partial charge in [0.1, 0.15) is 5.76 Å². The molecule has 6 heteroatoms. The summed E-state index contributed by atoms with van der Waals surface area (Å²) in [6, 6.07) is 21.3. The predicted molar refractivity (Wildman–Crippen MR) is 128 cm³/mol. The second kappa shape index (κ2) is 8.39. The third-order valence-electron chi connectivity index (χ3n) is 5.76. The average molecular weight is 438 g/mol. The highest BCUT2D eigenvalue weighted by atomic mass is 16.3. The molecule has 1 aliphatic carbocycles. The largest absolute Gasteiger partial charge is 0.455 e. The fraction of sp³-hybridized carbons (Fsp3) is 0.148. The van der Waals surface area contributed by atoms with Crippen molar-refractivity contribution in [1.29, 1.82) is 0 Å². The van der Waals surface area contributed by atoms with Gasteiger partial charge in [-0.15, -0.1) is 0 Å². The number of benzene rings is 3. The number of amides is 2. The molecule has 1 aliphatic rings. The van der Waals surface area contributed by atoms with Crippen LogP contribution in [-0.4, -0.2) is 11.8 Å². The number of nitrogens with one attached hydrogen (secondary N) is 2. The van der Waals surface area contributed by atoms with Gasteiger partial charge in [0.25, 0.3) is 5.91 Å². The van der Waals surface area contributed by atoms with Gasteiger partial charge in [-0.1, -0.05) is 42.5 Å². The van der Waals surface area contributed by atoms with Crippen LogP contribution in [0, 0.1) is 12.8 Å². The Balaban J connectivity index is 1.49. The van der Waals surface area contributed by atoms with Gasteiger partial charge in [-0.2, -0.15) is 0 Å². The minimum atomic E-state index is -0.405. The highest BCUT2D eigenvalue weighted by molar-refractivity contribution is 6.11. The van der Waals surface area contributed by atoms with Gasteiger partial charge in [0, 0.05) is 28.4 Å². The third kappa shape index (κ3) is 4.15. The number of carbonyl (C=O) groups is 2. The molecule has 4 aromatic rings. The third-order valence-corrected chi connectivity index (χ3v) is 5.76. The van der Waals surface area contributed by atoms with Crippen molar-refractivity contribution >= 4 is 34.2 Å². The lowest BCUT2D eigenvalue weighted by atomic mass is 10.0. The molecule has 0 spiro atoms. The highest BCUT2D eigenvalue weighted by Gasteiger charge is 2.29. The smallest absolute Gasteiger partial charge is 0.259 e. The molecule has 5 rings (SSSR count). The van der Waals surface area contributed by atoms with E-state index in [0.717, 1.165) is 18.4 Å². The lowest BCUT2D eigenvalue weighted by Crippen LogP contribution is -2.16. The molecule has 0 radical (unpaired) electrons. The van der Waals surface area contributed by atoms with E-state index in [-0.39, 0.29) is 28.4 Å². The van der Waals surface area contributed by atoms with Crippen molar-refractivity contribution < 1.29 is 14.0 Å². The van der Waals surface area contributed by atoms with E-state index < -0.39 is 5.91 Å². The zero-order valence-corrected chi connectivity index (χ0v) is 18.1. The maximum atomic E-state index is 13.2. The second-order valence-corrected chi connectivity index (χ2v) is 8.23. The molecule has 0 unspecified atom stereocenters. The SMILES string of the molecule is Cc1c(-c2ccccc2)oc2c(C(=O)Nc3cccc(NC(=O)C4CC4)c3)cccc2c1=O. The zero-order valence-electron chi connectivity index (χ0n) is 18.1. The van der Waals surface area contributed by atoms with Crippen LogP contribution in [0.15, 0.2) is 82.0 Å². The average Bonchev–Trinajstić information content (AvgIpc) is 3.67. The molecule has 0 aliphatic heterocycles. The minimum absolute atomic E-state index is 0.00174. The first kappa shape index (κ1) is 20.7. The number of hydrogen-bond donors (Lipinski definition) is 2. The topological polar surface area (TPSA) is 88.4 Å². The van der Waals surface area contributed by atoms with Gasteiger partial charge in [-0.3, -0.25) is 14.4 Å². The van der Waals surface area contributed by atoms with Crippen LogP contribution in [0.2, 0.25) is 0 Å². The van der Waals surface area contributed by atoms with E-state index in [2.05, 4.69) is 10.6 Å². The molecule has 1 saturated carbocycles. The lowest BCUT2D eigenvalue weighted by Gasteiger charge is -2.12. The van der Waals surface area contributed by atoms with Crippen molar-refractivity contribution in [2.45, 2.75) is 19.8 Å². The molecule has 0 atom stereocenters. The maximum absolute atomic E-state index is 13.2. The van der Waals surface area contributed by atoms with Crippen LogP contribution in [-0.2, 0) is 4.79 Å². The van der Waals surface area contributed by atoms with Crippen molar-refractivity contribution in [2.24, 2.45) is 5.92 Å². The van der Waals surface area contributed by atoms with Crippen LogP contribution in [0.5, 0.6) is 0 Å². The number of carbonyl (C=O) groups excluding carboxylic acids is 2. The Labute approximate surface area is 190 Å². The summed E-state index contributed by atoms with van der Waals surface area (Å²) in [6.07, 6.45) is 1.83. The maximum Gasteiger partial charge on any atom is 0.259 e. The van der Waals surface area contributed by atoms with Crippen LogP contribution < -0.4 is 16.1 Å². The van der Waals surface area contributed by atoms with Crippen LogP contribution in [0.25, 0.3) is 22.3 Å². The van der Waals surface area contributed by atoms with Gasteiger partial charge in [0.05, 0.1) is 10.9 Å². The van der Waals surface area contributed by atoms with E-state index in [1.165, 1.54) is 0 Å². The number of anilines is 2. The summed E-state index contributed by atoms with van der Waals surface area (Å²) in [5, 5.41) is 6.08. The Kier molecular flexibility index (Phi) is 5.26. The summed E-state index contributed by atoms with van der Waals surface area (Å²) in [5.74, 6) is 0.123. The molecular formula is C27H22N2O4. The Morgan fingerprint density at radius 1 is 0.879 bits per heavy atom. The quantitative estimate of drug-likeness (QED) is 0.438. The van der Waals surface area contributed by atoms with Crippen LogP contribution >= 0.6 is 0 Å². The molecule has 33 heavy (non-hydrogen) atoms. The van der Waals surface area contributed by atoms with Crippen LogP contribution in [0.4, 0.5) is 11.4 Å². The molecule has 2 N–H and O–H groups in total. The van der Waals surface area contributed by atoms with Crippen LogP contribution in [0.1, 0.15) is 28.8 Å². The molecule has 6 nitrogen and oxygen atoms in total. The number of para-hydroxylation sites is 1. The summed E-state index contributed by atoms with van der Waals surface area (Å²) in [6.45, 7) is 1.72. The van der Waals surface area contributed by atoms with Crippen molar-refractivity contribution in [3.8, 4) is 11.3 Å². The van der Waals surface area contributed by atoms with E-state index in [1.807, 2.05) is 30.3 Å². The Bertz CT molecular complexity index is 1440. The van der Waals surface area contributed by atoms with E-state index in [9.17, 15) is 14.4 Å². The van der Waals surface area contributed by atoms with Crippen molar-refractivity contribution in [3.05, 3.63) is 94.1 Å². The summed E-state index contributed by atoms with van der Waals surface area (Å²) < 4.78 is 6.14. The second-order valence-electron chi connectivity index (χ2n) is 8.23. The molecule has 164 valence electrons. The van der Waals surface area contributed by atoms with Gasteiger partial charge in [-0.05, 0) is 50.1 Å². The fourth-order valence-electron chi connectivity index (χ4n) is 3.82. The highest BCUT2D eigenvalue weighted by Crippen LogP contribution is 2.31. The first-order chi connectivity index (χ1) is 16.0. The molecule has 2 amide bonds. The van der Waals surface area contributed by atoms with E-state index >= 15 is 0 Å². The van der Waals surface area contributed by atoms with E-state index in [0.29, 0.717) is 28.1 Å². The summed E-state index contributed by atoms with van der Waals surface area (Å²) >= 11 is 0. The van der Waals surface area contributed by atoms with Gasteiger partial charge >= 0.3 is 0 Å². The van der Waals surface area contributed by atoms with E-state index in [4.69, 9.17) is 4.42 Å². The number of fused-ring (bicyclic) bond motifs is 1. The van der Waals surface area contributed by atoms with Gasteiger partial charge < -0.3 is 15.1 Å². The molecule has 1 heterocycles. The minimum Gasteiger partial charge on any atom is -0.455 e. The fourth-order valence-corrected chi connectivity index (χ4v) is 3.82. The molecule has 0 saturated heterocycles. The van der Waals surface area contributed by atoms with E-state index in [1.54, 1.807) is 49.4 Å². The van der Waals surface area contributed by atoms with Crippen molar-refractivity contribution in [2.75, 3.05) is 10.6 Å². The molecule has 1 aromatic heterocycles. The number of hydrogen-bond acceptors (Lipinski definition) is 4. The standard InChI is InChI=1S/C27H22N2O4/c1-16-23(30)21-11-6-12-22(25(21)33-24(16)17-7-3-2-4-8-17)27(32)29-20-10-5-9-19(15-20)28-26(31)18-13-14-18/h2-12,15,18H,13-14H2,1H3,(H,28,31)(H,29,32). The Morgan fingerprint density at radius 2 is 1.58 bits per heavy atom. The Morgan fingerprint density at radius 3 is 2.30 bits per heavy atom. The first-order valence-electron chi connectivity index (χ1n) is 10.9. The summed E-state index contributed by atoms with van der Waals surface area (Å²) in [5.41, 5.74) is 2.74. The van der Waals surface area contributed by atoms with Crippen molar-refractivity contribution in [1.82, 2.24) is 0 Å². The summed E-state index contributed by atoms with van der Waals surface area (Å²) in [4.78, 5) is 38.2. The predicted octanol–water partition coefficient (Wildman–Crippen LogP) is 5.37. The molecule has 1 fully saturated rings. The zero-order chi connectivity index (χ0) is 22.9. The first-order valence-corrected chi connectivity index (χ1v) is 10.9. The molecular weight excluding hydrogens is 416 g/mol. The lowest BCUT2D eigenvalue weighted by molar-refractivity contribution is -0.117. The summed E-state index contributed by atoms with van der Waals surface area (Å²) in [7, 11) is 0.